The van der Waals surface area contributed by atoms with Crippen molar-refractivity contribution in [3.63, 3.8) is 0 Å². The Labute approximate surface area is 114 Å². The van der Waals surface area contributed by atoms with E-state index in [0.29, 0.717) is 6.04 Å². The van der Waals surface area contributed by atoms with Crippen LogP contribution in [0.15, 0.2) is 18.2 Å². The highest BCUT2D eigenvalue weighted by molar-refractivity contribution is 6.31. The summed E-state index contributed by atoms with van der Waals surface area (Å²) in [4.78, 5) is 0. The highest BCUT2D eigenvalue weighted by atomic mass is 35.5. The molecule has 0 radical (unpaired) electrons. The van der Waals surface area contributed by atoms with Crippen LogP contribution >= 0.6 is 11.6 Å². The Balaban J connectivity index is 1.98. The fraction of sp³-hybridized carbons (Fsp3) is 0.600. The maximum Gasteiger partial charge on any atom is 0.142 e. The largest absolute Gasteiger partial charge is 0.317 e. The van der Waals surface area contributed by atoms with Crippen LogP contribution in [0.5, 0.6) is 0 Å². The highest BCUT2D eigenvalue weighted by Gasteiger charge is 2.20. The van der Waals surface area contributed by atoms with Crippen molar-refractivity contribution in [2.24, 2.45) is 5.92 Å². The number of hydrogen-bond acceptors (Lipinski definition) is 1. The molecule has 3 heteroatoms. The molecule has 0 aromatic heterocycles. The molecule has 1 aliphatic rings. The van der Waals surface area contributed by atoms with Gasteiger partial charge in [0.05, 0.1) is 5.02 Å². The topological polar surface area (TPSA) is 12.0 Å². The van der Waals surface area contributed by atoms with Gasteiger partial charge in [-0.1, -0.05) is 49.4 Å². The zero-order valence-electron chi connectivity index (χ0n) is 10.9. The van der Waals surface area contributed by atoms with Crippen molar-refractivity contribution in [3.05, 3.63) is 34.6 Å². The van der Waals surface area contributed by atoms with Crippen LogP contribution in [0.1, 0.15) is 37.7 Å². The molecule has 1 nitrogen and oxygen atoms in total. The van der Waals surface area contributed by atoms with E-state index in [9.17, 15) is 4.39 Å². The maximum atomic E-state index is 13.4. The Bertz CT molecular complexity index is 388. The molecule has 0 amide bonds. The molecule has 1 saturated carbocycles. The first-order valence-corrected chi connectivity index (χ1v) is 7.18. The number of nitrogens with one attached hydrogen (secondary N) is 1. The van der Waals surface area contributed by atoms with Gasteiger partial charge in [-0.25, -0.2) is 4.39 Å². The number of hydrogen-bond donors (Lipinski definition) is 1. The van der Waals surface area contributed by atoms with Gasteiger partial charge in [0.15, 0.2) is 0 Å². The Morgan fingerprint density at radius 3 is 2.78 bits per heavy atom. The second-order valence-electron chi connectivity index (χ2n) is 5.29. The summed E-state index contributed by atoms with van der Waals surface area (Å²) in [6.07, 6.45) is 7.39. The molecule has 2 rings (SSSR count). The minimum Gasteiger partial charge on any atom is -0.317 e. The van der Waals surface area contributed by atoms with Crippen molar-refractivity contribution in [2.75, 3.05) is 7.05 Å². The fourth-order valence-corrected chi connectivity index (χ4v) is 3.13. The third-order valence-corrected chi connectivity index (χ3v) is 4.42. The van der Waals surface area contributed by atoms with Crippen molar-refractivity contribution >= 4 is 11.6 Å². The van der Waals surface area contributed by atoms with Crippen molar-refractivity contribution in [1.29, 1.82) is 0 Å². The Hall–Kier alpha value is -0.600. The Kier molecular flexibility index (Phi) is 5.02. The quantitative estimate of drug-likeness (QED) is 0.845. The minimum absolute atomic E-state index is 0.282. The van der Waals surface area contributed by atoms with E-state index in [1.807, 2.05) is 13.1 Å². The fourth-order valence-electron chi connectivity index (χ4n) is 2.92. The number of halogens is 2. The number of likely N-dealkylation sites (N-methyl/N-ethyl adjacent to an activating group) is 1. The number of rotatable bonds is 5. The summed E-state index contributed by atoms with van der Waals surface area (Å²) in [7, 11) is 1.98. The van der Waals surface area contributed by atoms with E-state index in [-0.39, 0.29) is 10.8 Å². The molecule has 1 N–H and O–H groups in total. The average molecular weight is 270 g/mol. The normalized spacial score (nSPS) is 18.2. The van der Waals surface area contributed by atoms with E-state index in [1.54, 1.807) is 6.07 Å². The molecular weight excluding hydrogens is 249 g/mol. The second-order valence-corrected chi connectivity index (χ2v) is 5.67. The standard InChI is InChI=1S/C15H21ClFN/c1-18-13(9-11-5-2-3-6-11)10-12-7-4-8-14(17)15(12)16/h4,7-8,11,13,18H,2-3,5-6,9-10H2,1H3. The first kappa shape index (κ1) is 13.8. The van der Waals surface area contributed by atoms with Crippen LogP contribution in [0.2, 0.25) is 5.02 Å². The van der Waals surface area contributed by atoms with Gasteiger partial charge in [0.1, 0.15) is 5.82 Å². The van der Waals surface area contributed by atoms with Gasteiger partial charge in [-0.15, -0.1) is 0 Å². The van der Waals surface area contributed by atoms with Crippen molar-refractivity contribution < 1.29 is 4.39 Å². The molecule has 0 spiro atoms. The van der Waals surface area contributed by atoms with Gasteiger partial charge >= 0.3 is 0 Å². The Morgan fingerprint density at radius 1 is 1.39 bits per heavy atom. The molecule has 0 saturated heterocycles. The summed E-state index contributed by atoms with van der Waals surface area (Å²) in [6, 6.07) is 5.47. The lowest BCUT2D eigenvalue weighted by molar-refractivity contribution is 0.402. The molecule has 0 aliphatic heterocycles. The predicted molar refractivity (Wildman–Crippen MR) is 74.5 cm³/mol. The molecule has 1 aromatic carbocycles. The van der Waals surface area contributed by atoms with Crippen LogP contribution in [-0.4, -0.2) is 13.1 Å². The zero-order chi connectivity index (χ0) is 13.0. The van der Waals surface area contributed by atoms with Gasteiger partial charge in [0.2, 0.25) is 0 Å². The van der Waals surface area contributed by atoms with Crippen LogP contribution in [0, 0.1) is 11.7 Å². The summed E-state index contributed by atoms with van der Waals surface area (Å²) in [6.45, 7) is 0. The molecule has 100 valence electrons. The van der Waals surface area contributed by atoms with Gasteiger partial charge in [0, 0.05) is 6.04 Å². The average Bonchev–Trinajstić information content (AvgIpc) is 2.86. The van der Waals surface area contributed by atoms with Gasteiger partial charge in [-0.2, -0.15) is 0 Å². The van der Waals surface area contributed by atoms with E-state index < -0.39 is 0 Å². The third-order valence-electron chi connectivity index (χ3n) is 4.00. The van der Waals surface area contributed by atoms with Crippen LogP contribution in [0.3, 0.4) is 0 Å². The van der Waals surface area contributed by atoms with Crippen LogP contribution in [-0.2, 0) is 6.42 Å². The zero-order valence-corrected chi connectivity index (χ0v) is 11.6. The molecular formula is C15H21ClFN. The molecule has 1 aromatic rings. The first-order valence-electron chi connectivity index (χ1n) is 6.81. The van der Waals surface area contributed by atoms with E-state index in [4.69, 9.17) is 11.6 Å². The lowest BCUT2D eigenvalue weighted by Crippen LogP contribution is -2.29. The summed E-state index contributed by atoms with van der Waals surface area (Å²) in [5, 5.41) is 3.62. The number of benzene rings is 1. The molecule has 1 atom stereocenters. The van der Waals surface area contributed by atoms with Crippen LogP contribution in [0.4, 0.5) is 4.39 Å². The summed E-state index contributed by atoms with van der Waals surface area (Å²) >= 11 is 6.01. The molecule has 1 aliphatic carbocycles. The minimum atomic E-state index is -0.315. The van der Waals surface area contributed by atoms with Gasteiger partial charge in [0.25, 0.3) is 0 Å². The maximum absolute atomic E-state index is 13.4. The lowest BCUT2D eigenvalue weighted by Gasteiger charge is -2.20. The molecule has 1 fully saturated rings. The summed E-state index contributed by atoms with van der Waals surface area (Å²) < 4.78 is 13.4. The highest BCUT2D eigenvalue weighted by Crippen LogP contribution is 2.30. The van der Waals surface area contributed by atoms with E-state index in [1.165, 1.54) is 38.2 Å². The Morgan fingerprint density at radius 2 is 2.11 bits per heavy atom. The van der Waals surface area contributed by atoms with Crippen molar-refractivity contribution in [2.45, 2.75) is 44.6 Å². The van der Waals surface area contributed by atoms with Crippen LogP contribution < -0.4 is 5.32 Å². The monoisotopic (exact) mass is 269 g/mol. The van der Waals surface area contributed by atoms with E-state index >= 15 is 0 Å². The van der Waals surface area contributed by atoms with Gasteiger partial charge in [-0.3, -0.25) is 0 Å². The molecule has 0 heterocycles. The van der Waals surface area contributed by atoms with Crippen molar-refractivity contribution in [1.82, 2.24) is 5.32 Å². The summed E-state index contributed by atoms with van der Waals surface area (Å²) in [5.74, 6) is 0.514. The second kappa shape index (κ2) is 6.53. The van der Waals surface area contributed by atoms with E-state index in [2.05, 4.69) is 5.32 Å². The van der Waals surface area contributed by atoms with Gasteiger partial charge < -0.3 is 5.32 Å². The molecule has 1 unspecified atom stereocenters. The first-order chi connectivity index (χ1) is 8.70. The molecule has 0 bridgehead atoms. The summed E-state index contributed by atoms with van der Waals surface area (Å²) in [5.41, 5.74) is 0.911. The van der Waals surface area contributed by atoms with Gasteiger partial charge in [-0.05, 0) is 37.4 Å². The smallest absolute Gasteiger partial charge is 0.142 e. The molecule has 18 heavy (non-hydrogen) atoms. The third kappa shape index (κ3) is 3.46. The predicted octanol–water partition coefficient (Wildman–Crippen LogP) is 4.19. The van der Waals surface area contributed by atoms with Crippen molar-refractivity contribution in [3.8, 4) is 0 Å². The lowest BCUT2D eigenvalue weighted by atomic mass is 9.94. The van der Waals surface area contributed by atoms with E-state index in [0.717, 1.165) is 17.9 Å². The van der Waals surface area contributed by atoms with Crippen LogP contribution in [0.25, 0.3) is 0 Å². The SMILES string of the molecule is CNC(Cc1cccc(F)c1Cl)CC1CCCC1.